The lowest BCUT2D eigenvalue weighted by molar-refractivity contribution is 0.0857. The van der Waals surface area contributed by atoms with Gasteiger partial charge in [-0.15, -0.1) is 0 Å². The van der Waals surface area contributed by atoms with Gasteiger partial charge in [0.2, 0.25) is 0 Å². The van der Waals surface area contributed by atoms with Crippen LogP contribution in [-0.4, -0.2) is 25.7 Å². The van der Waals surface area contributed by atoms with Crippen molar-refractivity contribution in [3.8, 4) is 5.75 Å². The van der Waals surface area contributed by atoms with E-state index in [2.05, 4.69) is 10.2 Å². The second-order valence-corrected chi connectivity index (χ2v) is 3.44. The first-order chi connectivity index (χ1) is 7.67. The van der Waals surface area contributed by atoms with Gasteiger partial charge in [-0.25, -0.2) is 5.90 Å². The van der Waals surface area contributed by atoms with Gasteiger partial charge in [0.15, 0.2) is 0 Å². The summed E-state index contributed by atoms with van der Waals surface area (Å²) in [6.07, 6.45) is 0. The number of nitrogens with one attached hydrogen (secondary N) is 1. The van der Waals surface area contributed by atoms with Crippen LogP contribution >= 0.6 is 0 Å². The van der Waals surface area contributed by atoms with Crippen LogP contribution in [-0.2, 0) is 4.84 Å². The smallest absolute Gasteiger partial charge is 0.251 e. The van der Waals surface area contributed by atoms with Gasteiger partial charge in [0.05, 0.1) is 19.8 Å². The fourth-order valence-corrected chi connectivity index (χ4v) is 1.24. The molecule has 0 saturated carbocycles. The molecule has 5 nitrogen and oxygen atoms in total. The maximum Gasteiger partial charge on any atom is 0.251 e. The third kappa shape index (κ3) is 3.52. The quantitative estimate of drug-likeness (QED) is 0.722. The molecule has 0 bridgehead atoms. The standard InChI is InChI=1S/C11H16N2O3/c1-8(7-16-12)13-11(14)9-3-5-10(15-2)6-4-9/h3-6,8H,7,12H2,1-2H3,(H,13,14). The Morgan fingerprint density at radius 1 is 1.44 bits per heavy atom. The zero-order chi connectivity index (χ0) is 12.0. The van der Waals surface area contributed by atoms with E-state index >= 15 is 0 Å². The number of methoxy groups -OCH3 is 1. The molecule has 0 heterocycles. The van der Waals surface area contributed by atoms with Crippen molar-refractivity contribution in [3.63, 3.8) is 0 Å². The molecule has 0 aliphatic carbocycles. The van der Waals surface area contributed by atoms with Crippen molar-refractivity contribution in [2.45, 2.75) is 13.0 Å². The first-order valence-corrected chi connectivity index (χ1v) is 4.94. The topological polar surface area (TPSA) is 73.6 Å². The molecule has 0 aliphatic rings. The minimum Gasteiger partial charge on any atom is -0.497 e. The summed E-state index contributed by atoms with van der Waals surface area (Å²) in [7, 11) is 1.58. The Labute approximate surface area is 94.5 Å². The normalized spacial score (nSPS) is 11.9. The molecule has 1 atom stereocenters. The molecule has 0 aliphatic heterocycles. The molecule has 5 heteroatoms. The van der Waals surface area contributed by atoms with Gasteiger partial charge in [-0.3, -0.25) is 4.79 Å². The number of benzene rings is 1. The lowest BCUT2D eigenvalue weighted by Crippen LogP contribution is -2.36. The molecule has 0 spiro atoms. The molecule has 3 N–H and O–H groups in total. The van der Waals surface area contributed by atoms with Crippen LogP contribution in [0.25, 0.3) is 0 Å². The summed E-state index contributed by atoms with van der Waals surface area (Å²) in [5.74, 6) is 5.47. The van der Waals surface area contributed by atoms with E-state index in [1.165, 1.54) is 0 Å². The zero-order valence-electron chi connectivity index (χ0n) is 9.40. The van der Waals surface area contributed by atoms with Crippen LogP contribution in [0.5, 0.6) is 5.75 Å². The summed E-state index contributed by atoms with van der Waals surface area (Å²) >= 11 is 0. The van der Waals surface area contributed by atoms with Crippen molar-refractivity contribution in [2.75, 3.05) is 13.7 Å². The molecule has 0 aromatic heterocycles. The summed E-state index contributed by atoms with van der Waals surface area (Å²) in [6, 6.07) is 6.74. The molecule has 0 saturated heterocycles. The van der Waals surface area contributed by atoms with Crippen molar-refractivity contribution in [2.24, 2.45) is 5.90 Å². The SMILES string of the molecule is COc1ccc(C(=O)NC(C)CON)cc1. The number of hydrogen-bond acceptors (Lipinski definition) is 4. The van der Waals surface area contributed by atoms with Crippen LogP contribution in [0.1, 0.15) is 17.3 Å². The maximum atomic E-state index is 11.7. The molecule has 1 rings (SSSR count). The zero-order valence-corrected chi connectivity index (χ0v) is 9.40. The highest BCUT2D eigenvalue weighted by atomic mass is 16.6. The minimum absolute atomic E-state index is 0.125. The average molecular weight is 224 g/mol. The van der Waals surface area contributed by atoms with Gasteiger partial charge in [-0.2, -0.15) is 0 Å². The van der Waals surface area contributed by atoms with E-state index in [4.69, 9.17) is 10.6 Å². The Morgan fingerprint density at radius 2 is 2.06 bits per heavy atom. The van der Waals surface area contributed by atoms with E-state index in [0.717, 1.165) is 5.75 Å². The monoisotopic (exact) mass is 224 g/mol. The van der Waals surface area contributed by atoms with Gasteiger partial charge in [-0.1, -0.05) is 0 Å². The average Bonchev–Trinajstić information content (AvgIpc) is 2.29. The van der Waals surface area contributed by atoms with Crippen LogP contribution in [0.2, 0.25) is 0 Å². The van der Waals surface area contributed by atoms with E-state index in [1.807, 2.05) is 6.92 Å². The molecule has 1 aromatic rings. The number of hydrogen-bond donors (Lipinski definition) is 2. The minimum atomic E-state index is -0.160. The number of nitrogens with two attached hydrogens (primary N) is 1. The van der Waals surface area contributed by atoms with Crippen LogP contribution in [0, 0.1) is 0 Å². The molecule has 1 unspecified atom stereocenters. The molecular formula is C11H16N2O3. The molecule has 0 radical (unpaired) electrons. The molecule has 1 amide bonds. The van der Waals surface area contributed by atoms with E-state index in [-0.39, 0.29) is 18.6 Å². The highest BCUT2D eigenvalue weighted by molar-refractivity contribution is 5.94. The lowest BCUT2D eigenvalue weighted by atomic mass is 10.2. The van der Waals surface area contributed by atoms with Gasteiger partial charge in [0, 0.05) is 5.56 Å². The van der Waals surface area contributed by atoms with Gasteiger partial charge < -0.3 is 14.9 Å². The van der Waals surface area contributed by atoms with Gasteiger partial charge in [-0.05, 0) is 31.2 Å². The lowest BCUT2D eigenvalue weighted by Gasteiger charge is -2.12. The molecule has 88 valence electrons. The highest BCUT2D eigenvalue weighted by Gasteiger charge is 2.09. The number of amides is 1. The Bertz CT molecular complexity index is 338. The largest absolute Gasteiger partial charge is 0.497 e. The number of carbonyl (C=O) groups excluding carboxylic acids is 1. The van der Waals surface area contributed by atoms with Crippen molar-refractivity contribution in [3.05, 3.63) is 29.8 Å². The summed E-state index contributed by atoms with van der Waals surface area (Å²) in [6.45, 7) is 2.09. The first kappa shape index (κ1) is 12.5. The summed E-state index contributed by atoms with van der Waals surface area (Å²) in [4.78, 5) is 16.1. The van der Waals surface area contributed by atoms with Crippen molar-refractivity contribution in [1.29, 1.82) is 0 Å². The van der Waals surface area contributed by atoms with E-state index in [0.29, 0.717) is 5.56 Å². The summed E-state index contributed by atoms with van der Waals surface area (Å²) < 4.78 is 5.00. The predicted octanol–water partition coefficient (Wildman–Crippen LogP) is 0.704. The second-order valence-electron chi connectivity index (χ2n) is 3.44. The van der Waals surface area contributed by atoms with Crippen molar-refractivity contribution >= 4 is 5.91 Å². The first-order valence-electron chi connectivity index (χ1n) is 4.94. The van der Waals surface area contributed by atoms with Gasteiger partial charge >= 0.3 is 0 Å². The second kappa shape index (κ2) is 6.09. The Kier molecular flexibility index (Phi) is 4.75. The van der Waals surface area contributed by atoms with Gasteiger partial charge in [0.1, 0.15) is 5.75 Å². The van der Waals surface area contributed by atoms with Crippen LogP contribution in [0.3, 0.4) is 0 Å². The van der Waals surface area contributed by atoms with E-state index < -0.39 is 0 Å². The molecule has 1 aromatic carbocycles. The van der Waals surface area contributed by atoms with Crippen molar-refractivity contribution in [1.82, 2.24) is 5.32 Å². The number of carbonyl (C=O) groups is 1. The summed E-state index contributed by atoms with van der Waals surface area (Å²) in [5.41, 5.74) is 0.574. The molecule has 16 heavy (non-hydrogen) atoms. The maximum absolute atomic E-state index is 11.7. The number of ether oxygens (including phenoxy) is 1. The van der Waals surface area contributed by atoms with E-state index in [9.17, 15) is 4.79 Å². The predicted molar refractivity (Wildman–Crippen MR) is 60.1 cm³/mol. The van der Waals surface area contributed by atoms with E-state index in [1.54, 1.807) is 31.4 Å². The fourth-order valence-electron chi connectivity index (χ4n) is 1.24. The van der Waals surface area contributed by atoms with Crippen LogP contribution in [0.15, 0.2) is 24.3 Å². The molecular weight excluding hydrogens is 208 g/mol. The fraction of sp³-hybridized carbons (Fsp3) is 0.364. The highest BCUT2D eigenvalue weighted by Crippen LogP contribution is 2.11. The Morgan fingerprint density at radius 3 is 2.56 bits per heavy atom. The van der Waals surface area contributed by atoms with Crippen LogP contribution in [0.4, 0.5) is 0 Å². The van der Waals surface area contributed by atoms with Crippen molar-refractivity contribution < 1.29 is 14.4 Å². The Hall–Kier alpha value is -1.59. The number of rotatable bonds is 5. The Balaban J connectivity index is 2.59. The molecule has 0 fully saturated rings. The third-order valence-corrected chi connectivity index (χ3v) is 2.08. The third-order valence-electron chi connectivity index (χ3n) is 2.08. The van der Waals surface area contributed by atoms with Gasteiger partial charge in [0.25, 0.3) is 5.91 Å². The summed E-state index contributed by atoms with van der Waals surface area (Å²) in [5, 5.41) is 2.75. The van der Waals surface area contributed by atoms with Crippen LogP contribution < -0.4 is 16.0 Å².